The molecule has 0 atom stereocenters. The SMILES string of the molecule is O=c1cc(-c2ccncn2)nc2n1CCC1(CCC1)N2CCc1ccccc1. The summed E-state index contributed by atoms with van der Waals surface area (Å²) in [7, 11) is 0. The van der Waals surface area contributed by atoms with Crippen molar-refractivity contribution >= 4 is 5.95 Å². The number of benzene rings is 1. The Kier molecular flexibility index (Phi) is 4.19. The van der Waals surface area contributed by atoms with E-state index in [9.17, 15) is 4.79 Å². The summed E-state index contributed by atoms with van der Waals surface area (Å²) in [6, 6.07) is 13.9. The second-order valence-corrected chi connectivity index (χ2v) is 7.74. The first kappa shape index (κ1) is 17.1. The number of hydrogen-bond acceptors (Lipinski definition) is 5. The lowest BCUT2D eigenvalue weighted by molar-refractivity contribution is 0.180. The van der Waals surface area contributed by atoms with E-state index in [0.717, 1.165) is 31.9 Å². The number of rotatable bonds is 4. The molecule has 0 radical (unpaired) electrons. The summed E-state index contributed by atoms with van der Waals surface area (Å²) < 4.78 is 1.83. The molecule has 1 aliphatic carbocycles. The monoisotopic (exact) mass is 373 g/mol. The zero-order valence-corrected chi connectivity index (χ0v) is 15.8. The molecule has 0 N–H and O–H groups in total. The van der Waals surface area contributed by atoms with Gasteiger partial charge in [-0.05, 0) is 43.7 Å². The predicted octanol–water partition coefficient (Wildman–Crippen LogP) is 3.08. The summed E-state index contributed by atoms with van der Waals surface area (Å²) in [6.45, 7) is 1.61. The van der Waals surface area contributed by atoms with Gasteiger partial charge in [0, 0.05) is 30.9 Å². The second-order valence-electron chi connectivity index (χ2n) is 7.74. The minimum absolute atomic E-state index is 0.00232. The Bertz CT molecular complexity index is 1030. The molecule has 6 nitrogen and oxygen atoms in total. The maximum Gasteiger partial charge on any atom is 0.255 e. The molecule has 5 rings (SSSR count). The highest BCUT2D eigenvalue weighted by molar-refractivity contribution is 5.56. The van der Waals surface area contributed by atoms with Crippen molar-refractivity contribution in [2.75, 3.05) is 11.4 Å². The van der Waals surface area contributed by atoms with E-state index in [1.54, 1.807) is 18.3 Å². The molecule has 1 spiro atoms. The van der Waals surface area contributed by atoms with Crippen LogP contribution in [0.15, 0.2) is 59.8 Å². The van der Waals surface area contributed by atoms with E-state index in [0.29, 0.717) is 11.4 Å². The third-order valence-corrected chi connectivity index (χ3v) is 6.20. The largest absolute Gasteiger partial charge is 0.336 e. The predicted molar refractivity (Wildman–Crippen MR) is 108 cm³/mol. The molecule has 0 bridgehead atoms. The normalized spacial score (nSPS) is 17.2. The smallest absolute Gasteiger partial charge is 0.255 e. The van der Waals surface area contributed by atoms with Crippen LogP contribution in [0.1, 0.15) is 31.2 Å². The molecule has 0 saturated heterocycles. The van der Waals surface area contributed by atoms with E-state index in [2.05, 4.69) is 39.1 Å². The quantitative estimate of drug-likeness (QED) is 0.703. The lowest BCUT2D eigenvalue weighted by Crippen LogP contribution is -2.59. The molecule has 0 amide bonds. The Morgan fingerprint density at radius 2 is 1.89 bits per heavy atom. The maximum atomic E-state index is 12.8. The molecule has 3 heterocycles. The minimum atomic E-state index is -0.00232. The number of fused-ring (bicyclic) bond motifs is 1. The fraction of sp³-hybridized carbons (Fsp3) is 0.364. The van der Waals surface area contributed by atoms with Gasteiger partial charge in [-0.1, -0.05) is 30.3 Å². The summed E-state index contributed by atoms with van der Waals surface area (Å²) in [6.07, 6.45) is 8.73. The van der Waals surface area contributed by atoms with Crippen LogP contribution in [0.25, 0.3) is 11.4 Å². The average molecular weight is 373 g/mol. The molecule has 142 valence electrons. The molecule has 1 saturated carbocycles. The highest BCUT2D eigenvalue weighted by Gasteiger charge is 2.46. The van der Waals surface area contributed by atoms with Gasteiger partial charge in [-0.3, -0.25) is 9.36 Å². The van der Waals surface area contributed by atoms with E-state index >= 15 is 0 Å². The summed E-state index contributed by atoms with van der Waals surface area (Å²) in [5, 5.41) is 0. The topological polar surface area (TPSA) is 63.9 Å². The Morgan fingerprint density at radius 1 is 1.04 bits per heavy atom. The first-order chi connectivity index (χ1) is 13.8. The van der Waals surface area contributed by atoms with Gasteiger partial charge in [-0.25, -0.2) is 15.0 Å². The van der Waals surface area contributed by atoms with Crippen molar-refractivity contribution in [2.24, 2.45) is 0 Å². The molecule has 3 aromatic rings. The lowest BCUT2D eigenvalue weighted by atomic mass is 9.72. The van der Waals surface area contributed by atoms with Crippen LogP contribution in [0.5, 0.6) is 0 Å². The van der Waals surface area contributed by atoms with Crippen LogP contribution in [-0.4, -0.2) is 31.6 Å². The van der Waals surface area contributed by atoms with Crippen molar-refractivity contribution < 1.29 is 0 Å². The van der Waals surface area contributed by atoms with Crippen LogP contribution < -0.4 is 10.5 Å². The standard InChI is InChI=1S/C22H23N5O/c28-20-15-19(18-7-12-23-16-24-18)25-21-26(20)14-11-22(9-4-10-22)27(21)13-8-17-5-2-1-3-6-17/h1-3,5-7,12,15-16H,4,8-11,13-14H2. The fourth-order valence-corrected chi connectivity index (χ4v) is 4.48. The fourth-order valence-electron chi connectivity index (χ4n) is 4.48. The van der Waals surface area contributed by atoms with Crippen molar-refractivity contribution in [3.05, 3.63) is 70.9 Å². The van der Waals surface area contributed by atoms with E-state index in [-0.39, 0.29) is 11.1 Å². The van der Waals surface area contributed by atoms with Gasteiger partial charge in [0.05, 0.1) is 11.4 Å². The van der Waals surface area contributed by atoms with Crippen molar-refractivity contribution in [1.29, 1.82) is 0 Å². The second kappa shape index (κ2) is 6.86. The van der Waals surface area contributed by atoms with Gasteiger partial charge >= 0.3 is 0 Å². The van der Waals surface area contributed by atoms with Crippen molar-refractivity contribution in [3.8, 4) is 11.4 Å². The first-order valence-corrected chi connectivity index (χ1v) is 9.95. The number of aromatic nitrogens is 4. The molecule has 28 heavy (non-hydrogen) atoms. The maximum absolute atomic E-state index is 12.8. The van der Waals surface area contributed by atoms with Gasteiger partial charge in [0.2, 0.25) is 5.95 Å². The van der Waals surface area contributed by atoms with Gasteiger partial charge in [0.25, 0.3) is 5.56 Å². The average Bonchev–Trinajstić information content (AvgIpc) is 2.72. The molecular weight excluding hydrogens is 350 g/mol. The number of nitrogens with zero attached hydrogens (tertiary/aromatic N) is 5. The van der Waals surface area contributed by atoms with Crippen molar-refractivity contribution in [2.45, 2.75) is 44.2 Å². The zero-order valence-electron chi connectivity index (χ0n) is 15.8. The number of hydrogen-bond donors (Lipinski definition) is 0. The van der Waals surface area contributed by atoms with Crippen LogP contribution in [0.3, 0.4) is 0 Å². The van der Waals surface area contributed by atoms with Crippen LogP contribution in [0.4, 0.5) is 5.95 Å². The highest BCUT2D eigenvalue weighted by Crippen LogP contribution is 2.45. The lowest BCUT2D eigenvalue weighted by Gasteiger charge is -2.54. The summed E-state index contributed by atoms with van der Waals surface area (Å²) in [5.41, 5.74) is 2.77. The summed E-state index contributed by atoms with van der Waals surface area (Å²) in [5.74, 6) is 0.794. The minimum Gasteiger partial charge on any atom is -0.336 e. The van der Waals surface area contributed by atoms with Gasteiger partial charge in [0.15, 0.2) is 0 Å². The molecule has 2 aromatic heterocycles. The summed E-state index contributed by atoms with van der Waals surface area (Å²) in [4.78, 5) is 28.4. The van der Waals surface area contributed by atoms with Crippen LogP contribution in [0.2, 0.25) is 0 Å². The van der Waals surface area contributed by atoms with E-state index in [1.807, 2.05) is 10.6 Å². The molecule has 2 aliphatic rings. The Balaban J connectivity index is 1.55. The van der Waals surface area contributed by atoms with Gasteiger partial charge in [-0.15, -0.1) is 0 Å². The molecule has 6 heteroatoms. The van der Waals surface area contributed by atoms with E-state index < -0.39 is 0 Å². The van der Waals surface area contributed by atoms with Crippen LogP contribution in [0, 0.1) is 0 Å². The first-order valence-electron chi connectivity index (χ1n) is 9.95. The molecular formula is C22H23N5O. The van der Waals surface area contributed by atoms with Gasteiger partial charge < -0.3 is 4.90 Å². The van der Waals surface area contributed by atoms with Gasteiger partial charge in [-0.2, -0.15) is 0 Å². The Morgan fingerprint density at radius 3 is 2.61 bits per heavy atom. The zero-order chi connectivity index (χ0) is 19.0. The molecule has 1 aromatic carbocycles. The van der Waals surface area contributed by atoms with Crippen LogP contribution in [-0.2, 0) is 13.0 Å². The van der Waals surface area contributed by atoms with E-state index in [4.69, 9.17) is 4.98 Å². The molecule has 1 aliphatic heterocycles. The highest BCUT2D eigenvalue weighted by atomic mass is 16.1. The van der Waals surface area contributed by atoms with Crippen LogP contribution >= 0.6 is 0 Å². The van der Waals surface area contributed by atoms with Crippen molar-refractivity contribution in [3.63, 3.8) is 0 Å². The Hall–Kier alpha value is -3.02. The van der Waals surface area contributed by atoms with E-state index in [1.165, 1.54) is 31.2 Å². The van der Waals surface area contributed by atoms with Crippen molar-refractivity contribution in [1.82, 2.24) is 19.5 Å². The number of anilines is 1. The molecule has 1 fully saturated rings. The summed E-state index contributed by atoms with van der Waals surface area (Å²) >= 11 is 0. The molecule has 0 unspecified atom stereocenters. The Labute approximate surface area is 163 Å². The third-order valence-electron chi connectivity index (χ3n) is 6.20. The third kappa shape index (κ3) is 2.89. The van der Waals surface area contributed by atoms with Gasteiger partial charge in [0.1, 0.15) is 6.33 Å².